The van der Waals surface area contributed by atoms with E-state index in [1.54, 1.807) is 31.2 Å². The highest BCUT2D eigenvalue weighted by atomic mass is 79.9. The Labute approximate surface area is 136 Å². The number of aromatic hydroxyl groups is 1. The lowest BCUT2D eigenvalue weighted by Gasteiger charge is -2.16. The van der Waals surface area contributed by atoms with Gasteiger partial charge in [-0.2, -0.15) is 0 Å². The van der Waals surface area contributed by atoms with Gasteiger partial charge in [-0.05, 0) is 48.9 Å². The highest BCUT2D eigenvalue weighted by Gasteiger charge is 2.23. The van der Waals surface area contributed by atoms with E-state index in [1.165, 1.54) is 11.8 Å². The van der Waals surface area contributed by atoms with Gasteiger partial charge >= 0.3 is 5.97 Å². The van der Waals surface area contributed by atoms with Gasteiger partial charge in [0.05, 0.1) is 6.61 Å². The molecule has 2 rings (SSSR count). The summed E-state index contributed by atoms with van der Waals surface area (Å²) in [6.45, 7) is 2.14. The minimum atomic E-state index is -0.428. The smallest absolute Gasteiger partial charge is 0.323 e. The largest absolute Gasteiger partial charge is 0.508 e. The van der Waals surface area contributed by atoms with Crippen LogP contribution in [0.3, 0.4) is 0 Å². The summed E-state index contributed by atoms with van der Waals surface area (Å²) in [5, 5.41) is 8.90. The minimum Gasteiger partial charge on any atom is -0.508 e. The van der Waals surface area contributed by atoms with Gasteiger partial charge in [0.2, 0.25) is 0 Å². The molecule has 0 aromatic heterocycles. The van der Waals surface area contributed by atoms with Crippen LogP contribution in [0, 0.1) is 0 Å². The summed E-state index contributed by atoms with van der Waals surface area (Å²) >= 11 is 4.79. The van der Waals surface area contributed by atoms with Crippen molar-refractivity contribution in [3.63, 3.8) is 0 Å². The van der Waals surface area contributed by atoms with E-state index in [1.807, 2.05) is 24.3 Å². The number of phenolic OH excluding ortho intramolecular Hbond substituents is 1. The van der Waals surface area contributed by atoms with E-state index >= 15 is 0 Å². The number of hydrogen-bond donors (Lipinski definition) is 1. The zero-order valence-corrected chi connectivity index (χ0v) is 13.9. The summed E-state index contributed by atoms with van der Waals surface area (Å²) in [6.07, 6.45) is 0. The molecule has 1 atom stereocenters. The van der Waals surface area contributed by atoms with E-state index in [4.69, 9.17) is 4.74 Å². The first-order valence-electron chi connectivity index (χ1n) is 6.48. The summed E-state index contributed by atoms with van der Waals surface area (Å²) in [5.74, 6) is -0.0615. The molecule has 2 aromatic rings. The van der Waals surface area contributed by atoms with E-state index in [-0.39, 0.29) is 11.7 Å². The predicted molar refractivity (Wildman–Crippen MR) is 87.5 cm³/mol. The number of halogens is 1. The van der Waals surface area contributed by atoms with Crippen molar-refractivity contribution in [1.82, 2.24) is 0 Å². The maximum Gasteiger partial charge on any atom is 0.323 e. The Morgan fingerprint density at radius 1 is 1.19 bits per heavy atom. The van der Waals surface area contributed by atoms with E-state index in [9.17, 15) is 9.90 Å². The van der Waals surface area contributed by atoms with Crippen molar-refractivity contribution in [3.05, 3.63) is 58.6 Å². The molecule has 0 fully saturated rings. The first kappa shape index (κ1) is 15.9. The van der Waals surface area contributed by atoms with Crippen molar-refractivity contribution < 1.29 is 14.6 Å². The second kappa shape index (κ2) is 7.52. The number of phenols is 1. The lowest BCUT2D eigenvalue weighted by molar-refractivity contribution is -0.142. The van der Waals surface area contributed by atoms with Crippen LogP contribution in [0.5, 0.6) is 5.75 Å². The standard InChI is InChI=1S/C16H15BrO3S/c1-2-20-16(19)15(11-3-5-12(17)6-4-11)21-14-9-7-13(18)8-10-14/h3-10,15,18H,2H2,1H3. The zero-order valence-electron chi connectivity index (χ0n) is 11.5. The third-order valence-corrected chi connectivity index (χ3v) is 4.54. The van der Waals surface area contributed by atoms with Gasteiger partial charge in [0.15, 0.2) is 0 Å². The van der Waals surface area contributed by atoms with Crippen molar-refractivity contribution in [3.8, 4) is 5.75 Å². The van der Waals surface area contributed by atoms with Gasteiger partial charge in [-0.25, -0.2) is 0 Å². The summed E-state index contributed by atoms with van der Waals surface area (Å²) in [5.41, 5.74) is 0.884. The molecule has 0 radical (unpaired) electrons. The zero-order chi connectivity index (χ0) is 15.2. The molecule has 5 heteroatoms. The van der Waals surface area contributed by atoms with Gasteiger partial charge in [0.25, 0.3) is 0 Å². The van der Waals surface area contributed by atoms with Crippen LogP contribution in [-0.2, 0) is 9.53 Å². The first-order chi connectivity index (χ1) is 10.1. The molecule has 0 aliphatic rings. The van der Waals surface area contributed by atoms with Gasteiger partial charge < -0.3 is 9.84 Å². The lowest BCUT2D eigenvalue weighted by Crippen LogP contribution is -2.13. The Balaban J connectivity index is 2.25. The molecule has 3 nitrogen and oxygen atoms in total. The lowest BCUT2D eigenvalue weighted by atomic mass is 10.1. The van der Waals surface area contributed by atoms with Crippen molar-refractivity contribution >= 4 is 33.7 Å². The average Bonchev–Trinajstić information content (AvgIpc) is 2.48. The van der Waals surface area contributed by atoms with Crippen molar-refractivity contribution in [2.75, 3.05) is 6.61 Å². The predicted octanol–water partition coefficient (Wildman–Crippen LogP) is 4.55. The van der Waals surface area contributed by atoms with Crippen molar-refractivity contribution in [2.45, 2.75) is 17.1 Å². The fourth-order valence-electron chi connectivity index (χ4n) is 1.77. The highest BCUT2D eigenvalue weighted by Crippen LogP contribution is 2.37. The number of carbonyl (C=O) groups excluding carboxylic acids is 1. The monoisotopic (exact) mass is 366 g/mol. The summed E-state index contributed by atoms with van der Waals surface area (Å²) in [6, 6.07) is 14.4. The molecule has 1 N–H and O–H groups in total. The average molecular weight is 367 g/mol. The molecule has 0 aliphatic heterocycles. The van der Waals surface area contributed by atoms with E-state index in [2.05, 4.69) is 15.9 Å². The van der Waals surface area contributed by atoms with Crippen LogP contribution in [0.2, 0.25) is 0 Å². The van der Waals surface area contributed by atoms with Gasteiger partial charge in [0.1, 0.15) is 11.0 Å². The fourth-order valence-corrected chi connectivity index (χ4v) is 3.06. The molecule has 1 unspecified atom stereocenters. The molecular weight excluding hydrogens is 352 g/mol. The van der Waals surface area contributed by atoms with Gasteiger partial charge in [-0.3, -0.25) is 4.79 Å². The quantitative estimate of drug-likeness (QED) is 0.622. The Morgan fingerprint density at radius 3 is 2.38 bits per heavy atom. The molecular formula is C16H15BrO3S. The summed E-state index contributed by atoms with van der Waals surface area (Å²) in [4.78, 5) is 13.1. The van der Waals surface area contributed by atoms with Gasteiger partial charge in [0, 0.05) is 9.37 Å². The topological polar surface area (TPSA) is 46.5 Å². The van der Waals surface area contributed by atoms with Crippen molar-refractivity contribution in [1.29, 1.82) is 0 Å². The number of hydrogen-bond acceptors (Lipinski definition) is 4. The normalized spacial score (nSPS) is 11.9. The maximum absolute atomic E-state index is 12.2. The maximum atomic E-state index is 12.2. The number of benzene rings is 2. The second-order valence-electron chi connectivity index (χ2n) is 4.30. The Morgan fingerprint density at radius 2 is 1.81 bits per heavy atom. The Kier molecular flexibility index (Phi) is 5.70. The van der Waals surface area contributed by atoms with Crippen LogP contribution in [-0.4, -0.2) is 17.7 Å². The minimum absolute atomic E-state index is 0.204. The molecule has 0 saturated heterocycles. The molecule has 2 aromatic carbocycles. The molecule has 0 bridgehead atoms. The molecule has 0 aliphatic carbocycles. The van der Waals surface area contributed by atoms with Crippen LogP contribution < -0.4 is 0 Å². The molecule has 0 heterocycles. The molecule has 21 heavy (non-hydrogen) atoms. The van der Waals surface area contributed by atoms with Crippen LogP contribution in [0.25, 0.3) is 0 Å². The third kappa shape index (κ3) is 4.51. The SMILES string of the molecule is CCOC(=O)C(Sc1ccc(O)cc1)c1ccc(Br)cc1. The fraction of sp³-hybridized carbons (Fsp3) is 0.188. The number of ether oxygens (including phenoxy) is 1. The summed E-state index contributed by atoms with van der Waals surface area (Å²) < 4.78 is 6.13. The number of rotatable bonds is 5. The second-order valence-corrected chi connectivity index (χ2v) is 6.39. The Bertz CT molecular complexity index is 596. The number of carbonyl (C=O) groups is 1. The van der Waals surface area contributed by atoms with Gasteiger partial charge in [-0.1, -0.05) is 28.1 Å². The molecule has 0 saturated carbocycles. The van der Waals surface area contributed by atoms with E-state index in [0.29, 0.717) is 6.61 Å². The molecule has 0 spiro atoms. The third-order valence-electron chi connectivity index (χ3n) is 2.76. The van der Waals surface area contributed by atoms with E-state index in [0.717, 1.165) is 14.9 Å². The van der Waals surface area contributed by atoms with Crippen LogP contribution in [0.4, 0.5) is 0 Å². The molecule has 110 valence electrons. The first-order valence-corrected chi connectivity index (χ1v) is 8.15. The number of thioether (sulfide) groups is 1. The van der Waals surface area contributed by atoms with E-state index < -0.39 is 5.25 Å². The number of esters is 1. The van der Waals surface area contributed by atoms with Crippen LogP contribution >= 0.6 is 27.7 Å². The highest BCUT2D eigenvalue weighted by molar-refractivity contribution is 9.10. The van der Waals surface area contributed by atoms with Crippen molar-refractivity contribution in [2.24, 2.45) is 0 Å². The Hall–Kier alpha value is -1.46. The van der Waals surface area contributed by atoms with Crippen LogP contribution in [0.15, 0.2) is 57.9 Å². The molecule has 0 amide bonds. The summed E-state index contributed by atoms with van der Waals surface area (Å²) in [7, 11) is 0. The van der Waals surface area contributed by atoms with Gasteiger partial charge in [-0.15, -0.1) is 11.8 Å². The van der Waals surface area contributed by atoms with Crippen LogP contribution in [0.1, 0.15) is 17.7 Å².